The normalized spacial score (nSPS) is 28.6. The largest absolute Gasteiger partial charge is 0.394 e. The number of allylic oxidation sites excluding steroid dienone is 3. The van der Waals surface area contributed by atoms with Crippen LogP contribution in [0.1, 0.15) is 71.8 Å². The van der Waals surface area contributed by atoms with Crippen LogP contribution in [-0.2, 0) is 24.7 Å². The molecule has 1 aromatic rings. The van der Waals surface area contributed by atoms with E-state index in [9.17, 15) is 19.5 Å². The molecule has 3 saturated heterocycles. The van der Waals surface area contributed by atoms with Crippen LogP contribution in [-0.4, -0.2) is 74.5 Å². The molecule has 4 aliphatic heterocycles. The maximum absolute atomic E-state index is 16.3. The number of β-lactam (4-membered cyclic amide) rings is 1. The molecule has 1 spiro atoms. The molecule has 5 atom stereocenters. The lowest BCUT2D eigenvalue weighted by Gasteiger charge is -2.33. The average Bonchev–Trinajstić information content (AvgIpc) is 3.60. The summed E-state index contributed by atoms with van der Waals surface area (Å²) < 4.78 is 23.1. The Bertz CT molecular complexity index is 1370. The molecule has 8 nitrogen and oxygen atoms in total. The first kappa shape index (κ1) is 32.6. The minimum Gasteiger partial charge on any atom is -0.394 e. The summed E-state index contributed by atoms with van der Waals surface area (Å²) in [6.45, 7) is 12.8. The molecule has 4 aliphatic rings. The molecule has 0 radical (unpaired) electrons. The standard InChI is InChI=1S/C34H48FN3O5Si/c1-22(2)9-7-10-23(3)14-17-38-28-13-12-25(37-18-15-30(37)40)19-27(28)34(33(38)42)24(4)32(44(5,6)35)29(43-34)20-31(41)36-16-8-11-26(36)21-39/h9,12-14,19,24,26,29,32,39H,7-8,10-11,15-18,20-21H2,1-6H3/b23-14+/t24-,26+,29+,32-,34+/m1/s1. The third kappa shape index (κ3) is 5.81. The molecule has 1 N–H and O–H groups in total. The summed E-state index contributed by atoms with van der Waals surface area (Å²) in [5.74, 6) is -0.914. The first-order valence-corrected chi connectivity index (χ1v) is 19.1. The molecule has 0 aromatic heterocycles. The van der Waals surface area contributed by atoms with E-state index in [2.05, 4.69) is 32.9 Å². The number of benzene rings is 1. The number of nitrogens with zero attached hydrogens (tertiary/aromatic N) is 3. The van der Waals surface area contributed by atoms with Crippen molar-refractivity contribution in [3.63, 3.8) is 0 Å². The molecule has 1 aromatic carbocycles. The van der Waals surface area contributed by atoms with Crippen molar-refractivity contribution in [1.82, 2.24) is 4.90 Å². The third-order valence-electron chi connectivity index (χ3n) is 10.1. The molecule has 0 aliphatic carbocycles. The summed E-state index contributed by atoms with van der Waals surface area (Å²) in [7, 11) is -3.45. The number of halogens is 1. The van der Waals surface area contributed by atoms with Crippen LogP contribution in [0.3, 0.4) is 0 Å². The summed E-state index contributed by atoms with van der Waals surface area (Å²) in [6, 6.07) is 5.39. The Morgan fingerprint density at radius 3 is 2.55 bits per heavy atom. The van der Waals surface area contributed by atoms with E-state index in [-0.39, 0.29) is 36.8 Å². The Morgan fingerprint density at radius 1 is 1.18 bits per heavy atom. The monoisotopic (exact) mass is 625 g/mol. The van der Waals surface area contributed by atoms with Crippen molar-refractivity contribution in [3.8, 4) is 0 Å². The summed E-state index contributed by atoms with van der Waals surface area (Å²) >= 11 is 0. The van der Waals surface area contributed by atoms with Gasteiger partial charge in [0.15, 0.2) is 5.60 Å². The zero-order valence-electron chi connectivity index (χ0n) is 27.1. The van der Waals surface area contributed by atoms with Gasteiger partial charge in [-0.3, -0.25) is 14.4 Å². The second-order valence-corrected chi connectivity index (χ2v) is 17.6. The van der Waals surface area contributed by atoms with Crippen molar-refractivity contribution in [2.45, 2.75) is 103 Å². The van der Waals surface area contributed by atoms with Crippen LogP contribution in [0.4, 0.5) is 15.5 Å². The lowest BCUT2D eigenvalue weighted by Crippen LogP contribution is -2.45. The molecule has 44 heavy (non-hydrogen) atoms. The highest BCUT2D eigenvalue weighted by Gasteiger charge is 2.67. The van der Waals surface area contributed by atoms with Gasteiger partial charge in [0.2, 0.25) is 20.2 Å². The van der Waals surface area contributed by atoms with E-state index in [1.54, 1.807) is 27.8 Å². The van der Waals surface area contributed by atoms with E-state index in [1.807, 2.05) is 25.1 Å². The highest BCUT2D eigenvalue weighted by molar-refractivity contribution is 6.72. The van der Waals surface area contributed by atoms with Gasteiger partial charge in [-0.15, -0.1) is 0 Å². The lowest BCUT2D eigenvalue weighted by molar-refractivity contribution is -0.149. The van der Waals surface area contributed by atoms with Gasteiger partial charge in [0.1, 0.15) is 0 Å². The molecular weight excluding hydrogens is 577 g/mol. The van der Waals surface area contributed by atoms with Crippen molar-refractivity contribution < 1.29 is 28.3 Å². The van der Waals surface area contributed by atoms with Crippen LogP contribution in [0.5, 0.6) is 0 Å². The number of hydrogen-bond donors (Lipinski definition) is 1. The predicted octanol–water partition coefficient (Wildman–Crippen LogP) is 5.61. The molecule has 3 fully saturated rings. The quantitative estimate of drug-likeness (QED) is 0.158. The predicted molar refractivity (Wildman–Crippen MR) is 173 cm³/mol. The minimum absolute atomic E-state index is 0.0261. The number of likely N-dealkylation sites (tertiary alicyclic amines) is 1. The average molecular weight is 626 g/mol. The van der Waals surface area contributed by atoms with Crippen LogP contribution in [0.25, 0.3) is 0 Å². The van der Waals surface area contributed by atoms with E-state index >= 15 is 4.11 Å². The Kier molecular flexibility index (Phi) is 9.27. The second-order valence-electron chi connectivity index (χ2n) is 13.8. The van der Waals surface area contributed by atoms with E-state index in [4.69, 9.17) is 4.74 Å². The Balaban J connectivity index is 1.52. The van der Waals surface area contributed by atoms with E-state index < -0.39 is 31.6 Å². The maximum atomic E-state index is 16.3. The molecular formula is C34H48FN3O5Si. The molecule has 3 amide bonds. The molecule has 5 rings (SSSR count). The summed E-state index contributed by atoms with van der Waals surface area (Å²) in [5.41, 5.74) is 2.43. The summed E-state index contributed by atoms with van der Waals surface area (Å²) in [5, 5.41) is 9.82. The van der Waals surface area contributed by atoms with Gasteiger partial charge in [0, 0.05) is 48.8 Å². The lowest BCUT2D eigenvalue weighted by atomic mass is 9.82. The summed E-state index contributed by atoms with van der Waals surface area (Å²) in [6.07, 6.45) is 7.29. The second kappa shape index (κ2) is 12.5. The number of amides is 3. The van der Waals surface area contributed by atoms with Gasteiger partial charge in [0.25, 0.3) is 5.91 Å². The first-order chi connectivity index (χ1) is 20.8. The number of anilines is 2. The SMILES string of the molecule is CC(C)=CCC/C(C)=C/CN1C(=O)[C@@]2(O[C@@H](CC(=O)N3CCC[C@H]3CO)[C@H]([Si](C)(C)F)[C@H]2C)c2cc(N3CCC3=O)ccc21. The van der Waals surface area contributed by atoms with Crippen molar-refractivity contribution in [2.24, 2.45) is 5.92 Å². The van der Waals surface area contributed by atoms with Gasteiger partial charge in [-0.25, -0.2) is 0 Å². The number of aliphatic hydroxyl groups excluding tert-OH is 1. The number of ether oxygens (including phenoxy) is 1. The van der Waals surface area contributed by atoms with Gasteiger partial charge in [-0.05, 0) is 77.7 Å². The van der Waals surface area contributed by atoms with Gasteiger partial charge in [-0.1, -0.05) is 30.2 Å². The molecule has 0 bridgehead atoms. The zero-order chi connectivity index (χ0) is 32.0. The van der Waals surface area contributed by atoms with Gasteiger partial charge in [-0.2, -0.15) is 0 Å². The van der Waals surface area contributed by atoms with Gasteiger partial charge in [0.05, 0.1) is 30.9 Å². The van der Waals surface area contributed by atoms with Crippen molar-refractivity contribution >= 4 is 37.5 Å². The fraction of sp³-hybridized carbons (Fsp3) is 0.618. The number of fused-ring (bicyclic) bond motifs is 2. The third-order valence-corrected chi connectivity index (χ3v) is 12.6. The molecule has 4 heterocycles. The number of aliphatic hydroxyl groups is 1. The number of hydrogen-bond acceptors (Lipinski definition) is 5. The number of carbonyl (C=O) groups excluding carboxylic acids is 3. The number of carbonyl (C=O) groups is 3. The van der Waals surface area contributed by atoms with E-state index in [0.29, 0.717) is 43.0 Å². The molecule has 0 unspecified atom stereocenters. The Morgan fingerprint density at radius 2 is 1.93 bits per heavy atom. The topological polar surface area (TPSA) is 90.4 Å². The van der Waals surface area contributed by atoms with Crippen LogP contribution in [0, 0.1) is 5.92 Å². The van der Waals surface area contributed by atoms with Gasteiger partial charge < -0.3 is 28.7 Å². The van der Waals surface area contributed by atoms with E-state index in [0.717, 1.165) is 25.7 Å². The smallest absolute Gasteiger partial charge is 0.264 e. The van der Waals surface area contributed by atoms with E-state index in [1.165, 1.54) is 11.1 Å². The Labute approximate surface area is 262 Å². The van der Waals surface area contributed by atoms with Crippen LogP contribution < -0.4 is 9.80 Å². The molecule has 240 valence electrons. The van der Waals surface area contributed by atoms with Crippen molar-refractivity contribution in [3.05, 3.63) is 47.1 Å². The Hall–Kier alpha value is -2.82. The van der Waals surface area contributed by atoms with Gasteiger partial charge >= 0.3 is 0 Å². The van der Waals surface area contributed by atoms with Crippen LogP contribution in [0.2, 0.25) is 18.6 Å². The van der Waals surface area contributed by atoms with Crippen LogP contribution in [0.15, 0.2) is 41.5 Å². The maximum Gasteiger partial charge on any atom is 0.264 e. The summed E-state index contributed by atoms with van der Waals surface area (Å²) in [4.78, 5) is 45.7. The highest BCUT2D eigenvalue weighted by Crippen LogP contribution is 2.60. The molecule has 10 heteroatoms. The number of rotatable bonds is 10. The van der Waals surface area contributed by atoms with Crippen molar-refractivity contribution in [1.29, 1.82) is 0 Å². The van der Waals surface area contributed by atoms with Crippen LogP contribution >= 0.6 is 0 Å². The van der Waals surface area contributed by atoms with Crippen molar-refractivity contribution in [2.75, 3.05) is 36.0 Å². The molecule has 0 saturated carbocycles. The highest BCUT2D eigenvalue weighted by atomic mass is 28.4. The fourth-order valence-electron chi connectivity index (χ4n) is 7.75. The fourth-order valence-corrected chi connectivity index (χ4v) is 10.2. The zero-order valence-corrected chi connectivity index (χ0v) is 28.1. The minimum atomic E-state index is -3.45. The first-order valence-electron chi connectivity index (χ1n) is 16.1.